The number of amides is 1. The number of para-hydroxylation sites is 2. The van der Waals surface area contributed by atoms with Gasteiger partial charge in [0.05, 0.1) is 16.1 Å². The van der Waals surface area contributed by atoms with E-state index in [0.717, 1.165) is 17.4 Å². The molecule has 1 aromatic heterocycles. The first kappa shape index (κ1) is 22.6. The van der Waals surface area contributed by atoms with Gasteiger partial charge >= 0.3 is 6.18 Å². The zero-order chi connectivity index (χ0) is 23.1. The quantitative estimate of drug-likeness (QED) is 0.587. The number of halogens is 4. The number of rotatable bonds is 5. The van der Waals surface area contributed by atoms with Crippen LogP contribution in [0.15, 0.2) is 47.4 Å². The van der Waals surface area contributed by atoms with Crippen molar-refractivity contribution in [3.8, 4) is 0 Å². The summed E-state index contributed by atoms with van der Waals surface area (Å²) in [4.78, 5) is 16.0. The Labute approximate surface area is 186 Å². The molecule has 1 aliphatic heterocycles. The summed E-state index contributed by atoms with van der Waals surface area (Å²) >= 11 is 6.09. The van der Waals surface area contributed by atoms with Crippen molar-refractivity contribution < 1.29 is 26.4 Å². The van der Waals surface area contributed by atoms with Crippen molar-refractivity contribution in [2.45, 2.75) is 30.5 Å². The van der Waals surface area contributed by atoms with Crippen LogP contribution in [0, 0.1) is 0 Å². The molecule has 1 aliphatic rings. The number of fused-ring (bicyclic) bond motifs is 1. The molecule has 2 aromatic carbocycles. The van der Waals surface area contributed by atoms with E-state index >= 15 is 0 Å². The maximum Gasteiger partial charge on any atom is 0.449 e. The van der Waals surface area contributed by atoms with Crippen LogP contribution in [-0.4, -0.2) is 41.3 Å². The Morgan fingerprint density at radius 3 is 2.50 bits per heavy atom. The van der Waals surface area contributed by atoms with Crippen molar-refractivity contribution in [1.82, 2.24) is 13.9 Å². The fraction of sp³-hybridized carbons (Fsp3) is 0.300. The summed E-state index contributed by atoms with van der Waals surface area (Å²) in [6.45, 7) is 0.0958. The first-order valence-electron chi connectivity index (χ1n) is 9.69. The molecule has 1 saturated heterocycles. The molecule has 1 fully saturated rings. The van der Waals surface area contributed by atoms with E-state index in [1.807, 2.05) is 0 Å². The second kappa shape index (κ2) is 8.38. The summed E-state index contributed by atoms with van der Waals surface area (Å²) in [5.74, 6) is -1.97. The van der Waals surface area contributed by atoms with Crippen LogP contribution in [0.4, 0.5) is 18.9 Å². The number of nitrogens with zero attached hydrogens (tertiary/aromatic N) is 3. The smallest absolute Gasteiger partial charge is 0.324 e. The van der Waals surface area contributed by atoms with Gasteiger partial charge in [-0.1, -0.05) is 23.7 Å². The maximum atomic E-state index is 13.4. The summed E-state index contributed by atoms with van der Waals surface area (Å²) in [5, 5.41) is 2.45. The summed E-state index contributed by atoms with van der Waals surface area (Å²) in [7, 11) is -3.85. The fourth-order valence-corrected chi connectivity index (χ4v) is 5.66. The minimum Gasteiger partial charge on any atom is -0.324 e. The van der Waals surface area contributed by atoms with Gasteiger partial charge in [0.25, 0.3) is 0 Å². The van der Waals surface area contributed by atoms with Gasteiger partial charge in [-0.15, -0.1) is 0 Å². The van der Waals surface area contributed by atoms with Gasteiger partial charge in [-0.2, -0.15) is 17.5 Å². The van der Waals surface area contributed by atoms with Crippen molar-refractivity contribution in [2.24, 2.45) is 0 Å². The minimum atomic E-state index is -4.75. The lowest BCUT2D eigenvalue weighted by molar-refractivity contribution is -0.147. The number of sulfonamides is 1. The Morgan fingerprint density at radius 2 is 1.81 bits per heavy atom. The maximum absolute atomic E-state index is 13.4. The third-order valence-corrected chi connectivity index (χ3v) is 7.49. The van der Waals surface area contributed by atoms with Crippen LogP contribution in [-0.2, 0) is 27.5 Å². The standard InChI is InChI=1S/C20H18ClF3N4O3S/c21-14-8-7-13(11-17(14)32(30,31)27-9-3-4-10-27)25-18(29)12-28-16-6-2-1-5-15(16)26-19(28)20(22,23)24/h1-2,5-8,11H,3-4,9-10,12H2,(H,25,29). The summed E-state index contributed by atoms with van der Waals surface area (Å²) < 4.78 is 68.1. The van der Waals surface area contributed by atoms with Crippen LogP contribution in [0.5, 0.6) is 0 Å². The van der Waals surface area contributed by atoms with Crippen LogP contribution >= 0.6 is 11.6 Å². The van der Waals surface area contributed by atoms with Gasteiger partial charge in [0.2, 0.25) is 21.8 Å². The van der Waals surface area contributed by atoms with E-state index < -0.39 is 34.5 Å². The number of aromatic nitrogens is 2. The molecule has 0 spiro atoms. The normalized spacial score (nSPS) is 15.4. The van der Waals surface area contributed by atoms with E-state index in [2.05, 4.69) is 10.3 Å². The summed E-state index contributed by atoms with van der Waals surface area (Å²) in [6, 6.07) is 9.89. The van der Waals surface area contributed by atoms with E-state index in [1.165, 1.54) is 34.6 Å². The van der Waals surface area contributed by atoms with Crippen molar-refractivity contribution >= 4 is 44.3 Å². The van der Waals surface area contributed by atoms with Crippen molar-refractivity contribution in [1.29, 1.82) is 0 Å². The Balaban J connectivity index is 1.61. The lowest BCUT2D eigenvalue weighted by Crippen LogP contribution is -2.28. The minimum absolute atomic E-state index is 0.00476. The molecule has 0 unspecified atom stereocenters. The number of carbonyl (C=O) groups excluding carboxylic acids is 1. The topological polar surface area (TPSA) is 84.3 Å². The molecule has 0 atom stereocenters. The average Bonchev–Trinajstić information content (AvgIpc) is 3.38. The predicted octanol–water partition coefficient (Wildman–Crippen LogP) is 4.13. The van der Waals surface area contributed by atoms with Gasteiger partial charge in [-0.3, -0.25) is 4.79 Å². The number of benzene rings is 2. The Bertz CT molecular complexity index is 1280. The van der Waals surface area contributed by atoms with Crippen molar-refractivity contribution in [3.63, 3.8) is 0 Å². The zero-order valence-electron chi connectivity index (χ0n) is 16.6. The summed E-state index contributed by atoms with van der Waals surface area (Å²) in [6.07, 6.45) is -3.27. The molecule has 0 saturated carbocycles. The molecule has 170 valence electrons. The molecule has 0 aliphatic carbocycles. The molecule has 2 heterocycles. The van der Waals surface area contributed by atoms with Crippen molar-refractivity contribution in [3.05, 3.63) is 53.3 Å². The molecule has 0 radical (unpaired) electrons. The Morgan fingerprint density at radius 1 is 1.12 bits per heavy atom. The van der Waals surface area contributed by atoms with E-state index in [0.29, 0.717) is 13.1 Å². The molecule has 1 amide bonds. The van der Waals surface area contributed by atoms with Gasteiger partial charge in [0.1, 0.15) is 11.4 Å². The predicted molar refractivity (Wildman–Crippen MR) is 113 cm³/mol. The van der Waals surface area contributed by atoms with E-state index in [-0.39, 0.29) is 26.6 Å². The average molecular weight is 487 g/mol. The lowest BCUT2D eigenvalue weighted by atomic mass is 10.3. The number of carbonyl (C=O) groups is 1. The first-order chi connectivity index (χ1) is 15.1. The Hall–Kier alpha value is -2.63. The van der Waals surface area contributed by atoms with Crippen molar-refractivity contribution in [2.75, 3.05) is 18.4 Å². The second-order valence-electron chi connectivity index (χ2n) is 7.31. The molecule has 4 rings (SSSR count). The largest absolute Gasteiger partial charge is 0.449 e. The Kier molecular flexibility index (Phi) is 5.91. The molecular weight excluding hydrogens is 469 g/mol. The number of nitrogens with one attached hydrogen (secondary N) is 1. The number of anilines is 1. The lowest BCUT2D eigenvalue weighted by Gasteiger charge is -2.17. The van der Waals surface area contributed by atoms with E-state index in [9.17, 15) is 26.4 Å². The van der Waals surface area contributed by atoms with Crippen LogP contribution in [0.3, 0.4) is 0 Å². The number of alkyl halides is 3. The third kappa shape index (κ3) is 4.32. The van der Waals surface area contributed by atoms with Crippen LogP contribution in [0.2, 0.25) is 5.02 Å². The molecule has 7 nitrogen and oxygen atoms in total. The zero-order valence-corrected chi connectivity index (χ0v) is 18.1. The SMILES string of the molecule is O=C(Cn1c(C(F)(F)F)nc2ccccc21)Nc1ccc(Cl)c(S(=O)(=O)N2CCCC2)c1. The molecule has 0 bridgehead atoms. The van der Waals surface area contributed by atoms with Gasteiger partial charge in [0, 0.05) is 18.8 Å². The van der Waals surface area contributed by atoms with Gasteiger partial charge < -0.3 is 9.88 Å². The molecule has 1 N–H and O–H groups in total. The first-order valence-corrected chi connectivity index (χ1v) is 11.5. The number of hydrogen-bond acceptors (Lipinski definition) is 4. The van der Waals surface area contributed by atoms with E-state index in [1.54, 1.807) is 12.1 Å². The third-order valence-electron chi connectivity index (χ3n) is 5.11. The number of imidazole rings is 1. The van der Waals surface area contributed by atoms with Gasteiger partial charge in [-0.25, -0.2) is 13.4 Å². The molecule has 3 aromatic rings. The highest BCUT2D eigenvalue weighted by Gasteiger charge is 2.38. The molecule has 32 heavy (non-hydrogen) atoms. The number of hydrogen-bond donors (Lipinski definition) is 1. The highest BCUT2D eigenvalue weighted by Crippen LogP contribution is 2.32. The van der Waals surface area contributed by atoms with Crippen LogP contribution in [0.25, 0.3) is 11.0 Å². The van der Waals surface area contributed by atoms with Gasteiger partial charge in [-0.05, 0) is 43.2 Å². The highest BCUT2D eigenvalue weighted by atomic mass is 35.5. The van der Waals surface area contributed by atoms with Crippen LogP contribution < -0.4 is 5.32 Å². The molecular formula is C20H18ClF3N4O3S. The van der Waals surface area contributed by atoms with E-state index in [4.69, 9.17) is 11.6 Å². The fourth-order valence-electron chi connectivity index (χ4n) is 3.64. The molecule has 12 heteroatoms. The monoisotopic (exact) mass is 486 g/mol. The second-order valence-corrected chi connectivity index (χ2v) is 9.63. The highest BCUT2D eigenvalue weighted by molar-refractivity contribution is 7.89. The summed E-state index contributed by atoms with van der Waals surface area (Å²) in [5.41, 5.74) is 0.372. The van der Waals surface area contributed by atoms with Gasteiger partial charge in [0.15, 0.2) is 0 Å². The van der Waals surface area contributed by atoms with Crippen LogP contribution in [0.1, 0.15) is 18.7 Å².